The summed E-state index contributed by atoms with van der Waals surface area (Å²) in [7, 11) is 1.58. The highest BCUT2D eigenvalue weighted by Gasteiger charge is 2.19. The van der Waals surface area contributed by atoms with E-state index in [1.54, 1.807) is 14.0 Å². The van der Waals surface area contributed by atoms with Crippen LogP contribution in [0, 0.1) is 0 Å². The van der Waals surface area contributed by atoms with Crippen molar-refractivity contribution in [2.45, 2.75) is 13.3 Å². The van der Waals surface area contributed by atoms with Crippen LogP contribution in [0.5, 0.6) is 17.2 Å². The molecule has 1 N–H and O–H groups in total. The molecule has 0 bridgehead atoms. The predicted octanol–water partition coefficient (Wildman–Crippen LogP) is 1.71. The van der Waals surface area contributed by atoms with Crippen molar-refractivity contribution in [1.82, 2.24) is 5.32 Å². The Balaban J connectivity index is 1.96. The highest BCUT2D eigenvalue weighted by molar-refractivity contribution is 5.67. The number of benzene rings is 1. The van der Waals surface area contributed by atoms with Gasteiger partial charge in [0.15, 0.2) is 11.5 Å². The van der Waals surface area contributed by atoms with Crippen LogP contribution in [0.4, 0.5) is 4.79 Å². The lowest BCUT2D eigenvalue weighted by molar-refractivity contribution is 0.152. The van der Waals surface area contributed by atoms with Gasteiger partial charge in [0.05, 0.1) is 13.7 Å². The van der Waals surface area contributed by atoms with Gasteiger partial charge in [-0.25, -0.2) is 4.79 Å². The van der Waals surface area contributed by atoms with Crippen molar-refractivity contribution in [3.63, 3.8) is 0 Å². The van der Waals surface area contributed by atoms with E-state index in [0.29, 0.717) is 36.8 Å². The van der Waals surface area contributed by atoms with Gasteiger partial charge in [0.2, 0.25) is 12.5 Å². The third-order valence-electron chi connectivity index (χ3n) is 2.68. The summed E-state index contributed by atoms with van der Waals surface area (Å²) in [5.41, 5.74) is 0.998. The lowest BCUT2D eigenvalue weighted by atomic mass is 10.1. The molecule has 6 heteroatoms. The maximum atomic E-state index is 11.1. The van der Waals surface area contributed by atoms with E-state index in [0.717, 1.165) is 5.56 Å². The predicted molar refractivity (Wildman–Crippen MR) is 67.8 cm³/mol. The first kappa shape index (κ1) is 13.3. The molecule has 0 saturated heterocycles. The summed E-state index contributed by atoms with van der Waals surface area (Å²) in [5.74, 6) is 1.94. The summed E-state index contributed by atoms with van der Waals surface area (Å²) in [6, 6.07) is 3.76. The fourth-order valence-electron chi connectivity index (χ4n) is 1.82. The second-order valence-corrected chi connectivity index (χ2v) is 3.93. The van der Waals surface area contributed by atoms with Gasteiger partial charge in [-0.1, -0.05) is 0 Å². The molecule has 1 aromatic rings. The van der Waals surface area contributed by atoms with E-state index in [9.17, 15) is 4.79 Å². The fraction of sp³-hybridized carbons (Fsp3) is 0.462. The molecule has 1 heterocycles. The van der Waals surface area contributed by atoms with Crippen LogP contribution in [0.25, 0.3) is 0 Å². The SMILES string of the molecule is CCOC(=O)NCCc1cc(OC)c2c(c1)OCO2. The Labute approximate surface area is 111 Å². The Morgan fingerprint density at radius 3 is 3.00 bits per heavy atom. The topological polar surface area (TPSA) is 66.0 Å². The van der Waals surface area contributed by atoms with Crippen molar-refractivity contribution in [3.05, 3.63) is 17.7 Å². The maximum Gasteiger partial charge on any atom is 0.407 e. The number of alkyl carbamates (subject to hydrolysis) is 1. The van der Waals surface area contributed by atoms with Gasteiger partial charge in [-0.05, 0) is 31.0 Å². The molecule has 0 spiro atoms. The van der Waals surface area contributed by atoms with Gasteiger partial charge in [0.25, 0.3) is 0 Å². The van der Waals surface area contributed by atoms with E-state index in [2.05, 4.69) is 5.32 Å². The normalized spacial score (nSPS) is 12.1. The number of nitrogens with one attached hydrogen (secondary N) is 1. The van der Waals surface area contributed by atoms with Crippen LogP contribution in [0.15, 0.2) is 12.1 Å². The zero-order valence-corrected chi connectivity index (χ0v) is 11.0. The molecule has 19 heavy (non-hydrogen) atoms. The molecular formula is C13H17NO5. The number of fused-ring (bicyclic) bond motifs is 1. The molecule has 1 amide bonds. The molecule has 0 radical (unpaired) electrons. The molecule has 0 saturated carbocycles. The number of hydrogen-bond donors (Lipinski definition) is 1. The molecule has 0 atom stereocenters. The number of amides is 1. The summed E-state index contributed by atoms with van der Waals surface area (Å²) < 4.78 is 20.7. The smallest absolute Gasteiger partial charge is 0.407 e. The number of rotatable bonds is 5. The molecule has 1 aliphatic rings. The van der Waals surface area contributed by atoms with Gasteiger partial charge in [-0.3, -0.25) is 0 Å². The van der Waals surface area contributed by atoms with E-state index < -0.39 is 6.09 Å². The zero-order chi connectivity index (χ0) is 13.7. The Bertz CT molecular complexity index is 461. The van der Waals surface area contributed by atoms with Crippen molar-refractivity contribution in [1.29, 1.82) is 0 Å². The van der Waals surface area contributed by atoms with Crippen molar-refractivity contribution in [2.75, 3.05) is 27.1 Å². The van der Waals surface area contributed by atoms with Crippen LogP contribution >= 0.6 is 0 Å². The van der Waals surface area contributed by atoms with Gasteiger partial charge in [-0.2, -0.15) is 0 Å². The molecule has 104 valence electrons. The number of hydrogen-bond acceptors (Lipinski definition) is 5. The first-order valence-corrected chi connectivity index (χ1v) is 6.11. The highest BCUT2D eigenvalue weighted by Crippen LogP contribution is 2.41. The van der Waals surface area contributed by atoms with Gasteiger partial charge in [-0.15, -0.1) is 0 Å². The minimum Gasteiger partial charge on any atom is -0.493 e. The Morgan fingerprint density at radius 1 is 1.42 bits per heavy atom. The van der Waals surface area contributed by atoms with Crippen molar-refractivity contribution < 1.29 is 23.7 Å². The summed E-state index contributed by atoms with van der Waals surface area (Å²) in [6.45, 7) is 2.82. The molecule has 6 nitrogen and oxygen atoms in total. The second kappa shape index (κ2) is 6.17. The minimum atomic E-state index is -0.407. The summed E-state index contributed by atoms with van der Waals surface area (Å²) in [5, 5.41) is 2.66. The van der Waals surface area contributed by atoms with E-state index in [1.807, 2.05) is 12.1 Å². The Hall–Kier alpha value is -2.11. The highest BCUT2D eigenvalue weighted by atomic mass is 16.7. The number of carbonyl (C=O) groups is 1. The average molecular weight is 267 g/mol. The molecule has 1 aliphatic heterocycles. The van der Waals surface area contributed by atoms with Gasteiger partial charge >= 0.3 is 6.09 Å². The monoisotopic (exact) mass is 267 g/mol. The van der Waals surface area contributed by atoms with Gasteiger partial charge < -0.3 is 24.3 Å². The zero-order valence-electron chi connectivity index (χ0n) is 11.0. The first-order chi connectivity index (χ1) is 9.24. The first-order valence-electron chi connectivity index (χ1n) is 6.11. The quantitative estimate of drug-likeness (QED) is 0.879. The van der Waals surface area contributed by atoms with E-state index in [4.69, 9.17) is 18.9 Å². The molecule has 0 aliphatic carbocycles. The van der Waals surface area contributed by atoms with Crippen molar-refractivity contribution in [3.8, 4) is 17.2 Å². The molecule has 0 unspecified atom stereocenters. The van der Waals surface area contributed by atoms with Gasteiger partial charge in [0.1, 0.15) is 0 Å². The summed E-state index contributed by atoms with van der Waals surface area (Å²) >= 11 is 0. The molecule has 0 aromatic heterocycles. The molecule has 0 fully saturated rings. The van der Waals surface area contributed by atoms with E-state index in [-0.39, 0.29) is 6.79 Å². The van der Waals surface area contributed by atoms with Crippen LogP contribution in [0.1, 0.15) is 12.5 Å². The lowest BCUT2D eigenvalue weighted by Gasteiger charge is -2.09. The second-order valence-electron chi connectivity index (χ2n) is 3.93. The largest absolute Gasteiger partial charge is 0.493 e. The molecular weight excluding hydrogens is 250 g/mol. The number of carbonyl (C=O) groups excluding carboxylic acids is 1. The number of ether oxygens (including phenoxy) is 4. The summed E-state index contributed by atoms with van der Waals surface area (Å²) in [4.78, 5) is 11.1. The van der Waals surface area contributed by atoms with Crippen LogP contribution in [0.2, 0.25) is 0 Å². The maximum absolute atomic E-state index is 11.1. The van der Waals surface area contributed by atoms with Crippen LogP contribution in [0.3, 0.4) is 0 Å². The Kier molecular flexibility index (Phi) is 4.33. The van der Waals surface area contributed by atoms with Crippen molar-refractivity contribution in [2.24, 2.45) is 0 Å². The van der Waals surface area contributed by atoms with Crippen LogP contribution in [-0.4, -0.2) is 33.1 Å². The van der Waals surface area contributed by atoms with E-state index in [1.165, 1.54) is 0 Å². The lowest BCUT2D eigenvalue weighted by Crippen LogP contribution is -2.26. The minimum absolute atomic E-state index is 0.205. The van der Waals surface area contributed by atoms with Crippen molar-refractivity contribution >= 4 is 6.09 Å². The van der Waals surface area contributed by atoms with Crippen LogP contribution in [-0.2, 0) is 11.2 Å². The Morgan fingerprint density at radius 2 is 2.26 bits per heavy atom. The van der Waals surface area contributed by atoms with E-state index >= 15 is 0 Å². The van der Waals surface area contributed by atoms with Gasteiger partial charge in [0, 0.05) is 6.54 Å². The third-order valence-corrected chi connectivity index (χ3v) is 2.68. The fourth-order valence-corrected chi connectivity index (χ4v) is 1.82. The average Bonchev–Trinajstić information content (AvgIpc) is 2.86. The number of methoxy groups -OCH3 is 1. The standard InChI is InChI=1S/C13H17NO5/c1-3-17-13(15)14-5-4-9-6-10(16-2)12-11(7-9)18-8-19-12/h6-7H,3-5,8H2,1-2H3,(H,14,15). The summed E-state index contributed by atoms with van der Waals surface area (Å²) in [6.07, 6.45) is 0.251. The molecule has 2 rings (SSSR count). The van der Waals surface area contributed by atoms with Crippen LogP contribution < -0.4 is 19.5 Å². The third kappa shape index (κ3) is 3.21. The molecule has 1 aromatic carbocycles.